The summed E-state index contributed by atoms with van der Waals surface area (Å²) in [5, 5.41) is 3.96. The fourth-order valence-corrected chi connectivity index (χ4v) is 4.13. The van der Waals surface area contributed by atoms with Gasteiger partial charge in [-0.15, -0.1) is 0 Å². The predicted octanol–water partition coefficient (Wildman–Crippen LogP) is 7.10. The number of fused-ring (bicyclic) bond motifs is 1. The van der Waals surface area contributed by atoms with Gasteiger partial charge in [-0.2, -0.15) is 0 Å². The van der Waals surface area contributed by atoms with Crippen LogP contribution >= 0.6 is 0 Å². The maximum Gasteiger partial charge on any atom is 0.224 e. The molecule has 3 aromatic carbocycles. The van der Waals surface area contributed by atoms with Gasteiger partial charge < -0.3 is 14.8 Å². The minimum Gasteiger partial charge on any atom is -0.496 e. The first kappa shape index (κ1) is 23.3. The summed E-state index contributed by atoms with van der Waals surface area (Å²) in [6.07, 6.45) is 3.58. The molecule has 1 amide bonds. The molecule has 0 spiro atoms. The Morgan fingerprint density at radius 1 is 0.824 bits per heavy atom. The van der Waals surface area contributed by atoms with Crippen molar-refractivity contribution in [3.8, 4) is 33.9 Å². The zero-order valence-electron chi connectivity index (χ0n) is 19.9. The van der Waals surface area contributed by atoms with Crippen LogP contribution in [0.3, 0.4) is 0 Å². The average Bonchev–Trinajstić information content (AvgIpc) is 2.88. The number of unbranched alkanes of at least 4 members (excludes halogenated alkanes) is 2. The summed E-state index contributed by atoms with van der Waals surface area (Å²) in [5.41, 5.74) is 5.19. The van der Waals surface area contributed by atoms with Crippen molar-refractivity contribution in [3.05, 3.63) is 72.8 Å². The second-order valence-electron chi connectivity index (χ2n) is 8.20. The van der Waals surface area contributed by atoms with Crippen molar-refractivity contribution in [2.75, 3.05) is 19.5 Å². The summed E-state index contributed by atoms with van der Waals surface area (Å²) in [5.74, 6) is 1.55. The molecule has 34 heavy (non-hydrogen) atoms. The number of pyridine rings is 1. The van der Waals surface area contributed by atoms with Crippen molar-refractivity contribution >= 4 is 22.5 Å². The lowest BCUT2D eigenvalue weighted by molar-refractivity contribution is -0.116. The maximum absolute atomic E-state index is 12.3. The van der Waals surface area contributed by atoms with Gasteiger partial charge in [0.25, 0.3) is 0 Å². The molecule has 4 rings (SSSR count). The number of amides is 1. The molecule has 4 aromatic rings. The summed E-state index contributed by atoms with van der Waals surface area (Å²) in [4.78, 5) is 17.4. The molecule has 0 aliphatic carbocycles. The Bertz CT molecular complexity index is 1300. The number of rotatable bonds is 9. The summed E-state index contributed by atoms with van der Waals surface area (Å²) in [6, 6.07) is 23.7. The number of hydrogen-bond acceptors (Lipinski definition) is 4. The van der Waals surface area contributed by atoms with E-state index in [0.717, 1.165) is 69.7 Å². The molecule has 0 aliphatic rings. The SMILES string of the molecule is CCCCCC(=O)Nc1ccc2nc(-c3ccccc3OC)c(-c3ccccc3OC)cc2c1. The van der Waals surface area contributed by atoms with Gasteiger partial charge in [0, 0.05) is 34.2 Å². The predicted molar refractivity (Wildman–Crippen MR) is 138 cm³/mol. The van der Waals surface area contributed by atoms with Crippen LogP contribution in [0.15, 0.2) is 72.8 Å². The molecule has 0 saturated heterocycles. The van der Waals surface area contributed by atoms with Gasteiger partial charge in [-0.25, -0.2) is 4.98 Å². The second-order valence-corrected chi connectivity index (χ2v) is 8.20. The number of ether oxygens (including phenoxy) is 2. The van der Waals surface area contributed by atoms with E-state index in [-0.39, 0.29) is 5.91 Å². The molecule has 0 bridgehead atoms. The Morgan fingerprint density at radius 3 is 2.21 bits per heavy atom. The highest BCUT2D eigenvalue weighted by molar-refractivity contribution is 5.97. The van der Waals surface area contributed by atoms with Crippen LogP contribution in [0.1, 0.15) is 32.6 Å². The molecule has 0 fully saturated rings. The van der Waals surface area contributed by atoms with Crippen LogP contribution in [0.2, 0.25) is 0 Å². The Hall–Kier alpha value is -3.86. The molecule has 5 nitrogen and oxygen atoms in total. The Morgan fingerprint density at radius 2 is 1.50 bits per heavy atom. The van der Waals surface area contributed by atoms with Crippen LogP contribution in [0.4, 0.5) is 5.69 Å². The summed E-state index contributed by atoms with van der Waals surface area (Å²) in [6.45, 7) is 2.13. The largest absolute Gasteiger partial charge is 0.496 e. The van der Waals surface area contributed by atoms with Gasteiger partial charge in [0.1, 0.15) is 11.5 Å². The lowest BCUT2D eigenvalue weighted by Crippen LogP contribution is -2.10. The monoisotopic (exact) mass is 454 g/mol. The molecule has 0 aliphatic heterocycles. The summed E-state index contributed by atoms with van der Waals surface area (Å²) < 4.78 is 11.3. The minimum absolute atomic E-state index is 0.0383. The molecule has 0 radical (unpaired) electrons. The van der Waals surface area contributed by atoms with E-state index < -0.39 is 0 Å². The number of carbonyl (C=O) groups is 1. The molecule has 0 atom stereocenters. The van der Waals surface area contributed by atoms with E-state index in [4.69, 9.17) is 14.5 Å². The quantitative estimate of drug-likeness (QED) is 0.274. The van der Waals surface area contributed by atoms with Crippen molar-refractivity contribution < 1.29 is 14.3 Å². The number of anilines is 1. The summed E-state index contributed by atoms with van der Waals surface area (Å²) >= 11 is 0. The van der Waals surface area contributed by atoms with Gasteiger partial charge in [0.15, 0.2) is 0 Å². The van der Waals surface area contributed by atoms with Gasteiger partial charge in [-0.1, -0.05) is 50.1 Å². The van der Waals surface area contributed by atoms with Crippen molar-refractivity contribution in [1.29, 1.82) is 0 Å². The first-order chi connectivity index (χ1) is 16.6. The van der Waals surface area contributed by atoms with E-state index in [1.54, 1.807) is 14.2 Å². The highest BCUT2D eigenvalue weighted by atomic mass is 16.5. The average molecular weight is 455 g/mol. The maximum atomic E-state index is 12.3. The molecular formula is C29H30N2O3. The number of para-hydroxylation sites is 2. The van der Waals surface area contributed by atoms with Gasteiger partial charge in [-0.3, -0.25) is 4.79 Å². The van der Waals surface area contributed by atoms with Crippen molar-refractivity contribution in [3.63, 3.8) is 0 Å². The standard InChI is InChI=1S/C29H30N2O3/c1-4-5-6-15-28(32)30-21-16-17-25-20(18-21)19-24(22-11-7-9-13-26(22)33-2)29(31-25)23-12-8-10-14-27(23)34-3/h7-14,16-19H,4-6,15H2,1-3H3,(H,30,32). The van der Waals surface area contributed by atoms with E-state index in [2.05, 4.69) is 18.3 Å². The Balaban J connectivity index is 1.83. The highest BCUT2D eigenvalue weighted by Crippen LogP contribution is 2.41. The molecule has 174 valence electrons. The smallest absolute Gasteiger partial charge is 0.224 e. The third-order valence-corrected chi connectivity index (χ3v) is 5.87. The molecule has 0 unspecified atom stereocenters. The zero-order chi connectivity index (χ0) is 23.9. The molecule has 1 N–H and O–H groups in total. The fraction of sp³-hybridized carbons (Fsp3) is 0.241. The van der Waals surface area contributed by atoms with Crippen molar-refractivity contribution in [1.82, 2.24) is 4.98 Å². The van der Waals surface area contributed by atoms with E-state index in [1.165, 1.54) is 0 Å². The number of nitrogens with zero attached hydrogens (tertiary/aromatic N) is 1. The number of benzene rings is 3. The van der Waals surface area contributed by atoms with Crippen molar-refractivity contribution in [2.24, 2.45) is 0 Å². The number of methoxy groups -OCH3 is 2. The molecule has 5 heteroatoms. The first-order valence-electron chi connectivity index (χ1n) is 11.7. The van der Waals surface area contributed by atoms with Crippen LogP contribution in [-0.4, -0.2) is 25.1 Å². The number of hydrogen-bond donors (Lipinski definition) is 1. The van der Waals surface area contributed by atoms with Gasteiger partial charge >= 0.3 is 0 Å². The molecule has 1 heterocycles. The van der Waals surface area contributed by atoms with E-state index >= 15 is 0 Å². The minimum atomic E-state index is 0.0383. The second kappa shape index (κ2) is 10.8. The van der Waals surface area contributed by atoms with Gasteiger partial charge in [-0.05, 0) is 48.9 Å². The third kappa shape index (κ3) is 5.04. The lowest BCUT2D eigenvalue weighted by Gasteiger charge is -2.16. The van der Waals surface area contributed by atoms with Crippen molar-refractivity contribution in [2.45, 2.75) is 32.6 Å². The lowest BCUT2D eigenvalue weighted by atomic mass is 9.96. The van der Waals surface area contributed by atoms with Gasteiger partial charge in [0.05, 0.1) is 25.4 Å². The van der Waals surface area contributed by atoms with E-state index in [1.807, 2.05) is 66.7 Å². The van der Waals surface area contributed by atoms with Gasteiger partial charge in [0.2, 0.25) is 5.91 Å². The molecule has 0 saturated carbocycles. The third-order valence-electron chi connectivity index (χ3n) is 5.87. The molecular weight excluding hydrogens is 424 g/mol. The first-order valence-corrected chi connectivity index (χ1v) is 11.7. The van der Waals surface area contributed by atoms with Crippen LogP contribution in [0, 0.1) is 0 Å². The van der Waals surface area contributed by atoms with Crippen LogP contribution in [0.25, 0.3) is 33.3 Å². The van der Waals surface area contributed by atoms with Crippen LogP contribution in [0.5, 0.6) is 11.5 Å². The van der Waals surface area contributed by atoms with E-state index in [0.29, 0.717) is 6.42 Å². The van der Waals surface area contributed by atoms with E-state index in [9.17, 15) is 4.79 Å². The molecule has 1 aromatic heterocycles. The number of carbonyl (C=O) groups excluding carboxylic acids is 1. The van der Waals surface area contributed by atoms with Crippen LogP contribution < -0.4 is 14.8 Å². The summed E-state index contributed by atoms with van der Waals surface area (Å²) in [7, 11) is 3.33. The number of nitrogens with one attached hydrogen (secondary N) is 1. The fourth-order valence-electron chi connectivity index (χ4n) is 4.13. The topological polar surface area (TPSA) is 60.5 Å². The van der Waals surface area contributed by atoms with Crippen LogP contribution in [-0.2, 0) is 4.79 Å². The number of aromatic nitrogens is 1. The normalized spacial score (nSPS) is 10.8. The Kier molecular flexibility index (Phi) is 7.43. The Labute approximate surface area is 200 Å². The highest BCUT2D eigenvalue weighted by Gasteiger charge is 2.18. The zero-order valence-corrected chi connectivity index (χ0v) is 19.9.